The van der Waals surface area contributed by atoms with Crippen LogP contribution in [0.4, 0.5) is 10.1 Å². The van der Waals surface area contributed by atoms with Gasteiger partial charge < -0.3 is 11.1 Å². The number of hydrogen-bond acceptors (Lipinski definition) is 3. The number of nitrogens with one attached hydrogen (secondary N) is 1. The summed E-state index contributed by atoms with van der Waals surface area (Å²) in [5.41, 5.74) is 6.89. The number of benzene rings is 1. The summed E-state index contributed by atoms with van der Waals surface area (Å²) in [6.07, 6.45) is 3.34. The number of halogens is 1. The first kappa shape index (κ1) is 13.0. The summed E-state index contributed by atoms with van der Waals surface area (Å²) in [6.45, 7) is 1.84. The topological polar surface area (TPSA) is 68.0 Å². The number of nitrogen functional groups attached to an aromatic ring is 1. The predicted molar refractivity (Wildman–Crippen MR) is 70.9 cm³/mol. The van der Waals surface area contributed by atoms with E-state index < -0.39 is 5.82 Å². The highest BCUT2D eigenvalue weighted by molar-refractivity contribution is 5.99. The molecule has 0 aliphatic rings. The minimum atomic E-state index is -0.464. The molecule has 1 aromatic carbocycles. The van der Waals surface area contributed by atoms with Crippen molar-refractivity contribution in [3.63, 3.8) is 0 Å². The van der Waals surface area contributed by atoms with Crippen molar-refractivity contribution in [2.45, 2.75) is 13.0 Å². The number of aromatic nitrogens is 1. The Morgan fingerprint density at radius 1 is 1.42 bits per heavy atom. The molecule has 1 amide bonds. The third kappa shape index (κ3) is 3.07. The molecular formula is C14H14FN3O. The zero-order valence-electron chi connectivity index (χ0n) is 10.4. The minimum absolute atomic E-state index is 0.121. The fourth-order valence-corrected chi connectivity index (χ4v) is 1.73. The van der Waals surface area contributed by atoms with E-state index in [0.29, 0.717) is 0 Å². The Balaban J connectivity index is 2.13. The number of carbonyl (C=O) groups excluding carboxylic acids is 1. The molecule has 2 aromatic rings. The van der Waals surface area contributed by atoms with Crippen molar-refractivity contribution in [2.24, 2.45) is 0 Å². The Hall–Kier alpha value is -2.43. The summed E-state index contributed by atoms with van der Waals surface area (Å²) >= 11 is 0. The molecule has 3 N–H and O–H groups in total. The van der Waals surface area contributed by atoms with Crippen LogP contribution in [0.5, 0.6) is 0 Å². The van der Waals surface area contributed by atoms with Crippen LogP contribution in [0.2, 0.25) is 0 Å². The molecule has 1 aromatic heterocycles. The van der Waals surface area contributed by atoms with E-state index in [1.807, 2.05) is 13.0 Å². The van der Waals surface area contributed by atoms with Crippen molar-refractivity contribution in [2.75, 3.05) is 5.73 Å². The van der Waals surface area contributed by atoms with Crippen LogP contribution in [-0.4, -0.2) is 10.9 Å². The molecule has 2 rings (SSSR count). The van der Waals surface area contributed by atoms with Crippen molar-refractivity contribution >= 4 is 11.6 Å². The average Bonchev–Trinajstić information content (AvgIpc) is 2.39. The second-order valence-electron chi connectivity index (χ2n) is 4.21. The maximum Gasteiger partial charge on any atom is 0.253 e. The van der Waals surface area contributed by atoms with Gasteiger partial charge in [-0.05, 0) is 36.8 Å². The van der Waals surface area contributed by atoms with Gasteiger partial charge >= 0.3 is 0 Å². The van der Waals surface area contributed by atoms with Crippen molar-refractivity contribution in [3.05, 3.63) is 59.7 Å². The maximum atomic E-state index is 12.9. The molecule has 0 radical (unpaired) electrons. The number of carbonyl (C=O) groups is 1. The van der Waals surface area contributed by atoms with E-state index in [1.165, 1.54) is 12.1 Å². The largest absolute Gasteiger partial charge is 0.398 e. The number of nitrogens with two attached hydrogens (primary N) is 1. The molecule has 0 bridgehead atoms. The normalized spacial score (nSPS) is 11.9. The first-order chi connectivity index (χ1) is 9.08. The molecule has 5 heteroatoms. The third-order valence-corrected chi connectivity index (χ3v) is 2.79. The van der Waals surface area contributed by atoms with E-state index in [4.69, 9.17) is 5.73 Å². The van der Waals surface area contributed by atoms with Gasteiger partial charge in [-0.1, -0.05) is 6.07 Å². The lowest BCUT2D eigenvalue weighted by Gasteiger charge is -2.14. The average molecular weight is 259 g/mol. The maximum absolute atomic E-state index is 12.9. The number of anilines is 1. The number of amides is 1. The lowest BCUT2D eigenvalue weighted by atomic mass is 10.1. The van der Waals surface area contributed by atoms with Gasteiger partial charge in [0.1, 0.15) is 5.82 Å². The Morgan fingerprint density at radius 3 is 2.84 bits per heavy atom. The Kier molecular flexibility index (Phi) is 3.75. The SMILES string of the molecule is C[C@@H](NC(=O)c1ccc(F)cc1N)c1cccnc1. The van der Waals surface area contributed by atoms with Crippen molar-refractivity contribution in [1.82, 2.24) is 10.3 Å². The van der Waals surface area contributed by atoms with Crippen molar-refractivity contribution in [3.8, 4) is 0 Å². The van der Waals surface area contributed by atoms with Crippen LogP contribution in [0.3, 0.4) is 0 Å². The molecule has 0 unspecified atom stereocenters. The summed E-state index contributed by atoms with van der Waals surface area (Å²) in [4.78, 5) is 16.0. The van der Waals surface area contributed by atoms with Crippen LogP contribution in [0.25, 0.3) is 0 Å². The van der Waals surface area contributed by atoms with Gasteiger partial charge in [-0.25, -0.2) is 4.39 Å². The van der Waals surface area contributed by atoms with Gasteiger partial charge in [-0.2, -0.15) is 0 Å². The highest BCUT2D eigenvalue weighted by Gasteiger charge is 2.14. The van der Waals surface area contributed by atoms with Gasteiger partial charge in [0.2, 0.25) is 0 Å². The molecule has 0 saturated heterocycles. The van der Waals surface area contributed by atoms with Gasteiger partial charge in [-0.15, -0.1) is 0 Å². The molecule has 19 heavy (non-hydrogen) atoms. The number of pyridine rings is 1. The van der Waals surface area contributed by atoms with Crippen LogP contribution in [-0.2, 0) is 0 Å². The second kappa shape index (κ2) is 5.48. The molecule has 98 valence electrons. The lowest BCUT2D eigenvalue weighted by molar-refractivity contribution is 0.0940. The van der Waals surface area contributed by atoms with Crippen molar-refractivity contribution < 1.29 is 9.18 Å². The van der Waals surface area contributed by atoms with Crippen LogP contribution in [0, 0.1) is 5.82 Å². The molecule has 1 atom stereocenters. The van der Waals surface area contributed by atoms with E-state index in [-0.39, 0.29) is 23.2 Å². The summed E-state index contributed by atoms with van der Waals surface area (Å²) in [5, 5.41) is 2.79. The molecule has 0 saturated carbocycles. The summed E-state index contributed by atoms with van der Waals surface area (Å²) < 4.78 is 12.9. The highest BCUT2D eigenvalue weighted by atomic mass is 19.1. The van der Waals surface area contributed by atoms with Crippen LogP contribution in [0.15, 0.2) is 42.7 Å². The second-order valence-corrected chi connectivity index (χ2v) is 4.21. The number of hydrogen-bond donors (Lipinski definition) is 2. The lowest BCUT2D eigenvalue weighted by Crippen LogP contribution is -2.27. The molecule has 1 heterocycles. The Morgan fingerprint density at radius 2 is 2.21 bits per heavy atom. The standard InChI is InChI=1S/C14H14FN3O/c1-9(10-3-2-6-17-8-10)18-14(19)12-5-4-11(15)7-13(12)16/h2-9H,16H2,1H3,(H,18,19)/t9-/m1/s1. The summed E-state index contributed by atoms with van der Waals surface area (Å²) in [6, 6.07) is 7.17. The number of nitrogens with zero attached hydrogens (tertiary/aromatic N) is 1. The molecule has 0 fully saturated rings. The van der Waals surface area contributed by atoms with Gasteiger partial charge in [0.15, 0.2) is 0 Å². The van der Waals surface area contributed by atoms with Gasteiger partial charge in [0.05, 0.1) is 11.6 Å². The third-order valence-electron chi connectivity index (χ3n) is 2.79. The smallest absolute Gasteiger partial charge is 0.253 e. The molecule has 0 aliphatic heterocycles. The Labute approximate surface area is 110 Å². The van der Waals surface area contributed by atoms with Gasteiger partial charge in [-0.3, -0.25) is 9.78 Å². The fraction of sp³-hybridized carbons (Fsp3) is 0.143. The van der Waals surface area contributed by atoms with Crippen LogP contribution in [0.1, 0.15) is 28.9 Å². The zero-order valence-corrected chi connectivity index (χ0v) is 10.4. The van der Waals surface area contributed by atoms with E-state index >= 15 is 0 Å². The van der Waals surface area contributed by atoms with E-state index in [1.54, 1.807) is 18.5 Å². The van der Waals surface area contributed by atoms with Crippen molar-refractivity contribution in [1.29, 1.82) is 0 Å². The van der Waals surface area contributed by atoms with Crippen LogP contribution >= 0.6 is 0 Å². The molecule has 0 spiro atoms. The van der Waals surface area contributed by atoms with E-state index in [2.05, 4.69) is 10.3 Å². The summed E-state index contributed by atoms with van der Waals surface area (Å²) in [7, 11) is 0. The van der Waals surface area contributed by atoms with Crippen LogP contribution < -0.4 is 11.1 Å². The minimum Gasteiger partial charge on any atom is -0.398 e. The monoisotopic (exact) mass is 259 g/mol. The zero-order chi connectivity index (χ0) is 13.8. The van der Waals surface area contributed by atoms with Gasteiger partial charge in [0, 0.05) is 18.1 Å². The fourth-order valence-electron chi connectivity index (χ4n) is 1.73. The quantitative estimate of drug-likeness (QED) is 0.831. The Bertz CT molecular complexity index is 586. The molecule has 4 nitrogen and oxygen atoms in total. The highest BCUT2D eigenvalue weighted by Crippen LogP contribution is 2.16. The molecule has 0 aliphatic carbocycles. The van der Waals surface area contributed by atoms with E-state index in [0.717, 1.165) is 11.6 Å². The molecular weight excluding hydrogens is 245 g/mol. The predicted octanol–water partition coefficient (Wildman–Crippen LogP) is 2.29. The number of rotatable bonds is 3. The summed E-state index contributed by atoms with van der Waals surface area (Å²) in [5.74, 6) is -0.803. The first-order valence-corrected chi connectivity index (χ1v) is 5.83. The van der Waals surface area contributed by atoms with E-state index in [9.17, 15) is 9.18 Å². The first-order valence-electron chi connectivity index (χ1n) is 5.83. The van der Waals surface area contributed by atoms with Gasteiger partial charge in [0.25, 0.3) is 5.91 Å².